The lowest BCUT2D eigenvalue weighted by atomic mass is 10.0. The van der Waals surface area contributed by atoms with Crippen LogP contribution in [-0.2, 0) is 0 Å². The lowest BCUT2D eigenvalue weighted by Crippen LogP contribution is -2.30. The third kappa shape index (κ3) is 3.65. The van der Waals surface area contributed by atoms with Crippen molar-refractivity contribution in [3.63, 3.8) is 0 Å². The van der Waals surface area contributed by atoms with Crippen molar-refractivity contribution < 1.29 is 4.79 Å². The van der Waals surface area contributed by atoms with Gasteiger partial charge in [0.1, 0.15) is 5.82 Å². The van der Waals surface area contributed by atoms with Crippen LogP contribution in [0.1, 0.15) is 41.5 Å². The number of rotatable bonds is 5. The van der Waals surface area contributed by atoms with Crippen molar-refractivity contribution in [3.8, 4) is 5.69 Å². The third-order valence-corrected chi connectivity index (χ3v) is 3.88. The first-order valence-electron chi connectivity index (χ1n) is 8.06. The molecule has 7 heteroatoms. The fourth-order valence-corrected chi connectivity index (χ4v) is 2.40. The molecular weight excluding hydrogens is 316 g/mol. The minimum absolute atomic E-state index is 0.261. The first-order chi connectivity index (χ1) is 12.1. The van der Waals surface area contributed by atoms with Gasteiger partial charge in [-0.3, -0.25) is 15.6 Å². The normalized spacial score (nSPS) is 10.7. The molecule has 0 saturated heterocycles. The molecule has 2 N–H and O–H groups in total. The standard InChI is InChI=1S/C18H20N6O/c1-12(2)14-7-9-15(10-8-14)24-13(3)17(21-23-24)18(25)22-20-16-6-4-5-11-19-16/h4-12H,1-3H3,(H,19,20)(H,22,25). The molecule has 3 rings (SSSR count). The van der Waals surface area contributed by atoms with Crippen LogP contribution in [0, 0.1) is 6.92 Å². The van der Waals surface area contributed by atoms with Crippen molar-refractivity contribution in [1.29, 1.82) is 0 Å². The summed E-state index contributed by atoms with van der Waals surface area (Å²) in [6, 6.07) is 13.4. The SMILES string of the molecule is Cc1c(C(=O)NNc2ccccn2)nnn1-c1ccc(C(C)C)cc1. The van der Waals surface area contributed by atoms with Crippen LogP contribution in [0.3, 0.4) is 0 Å². The number of carbonyl (C=O) groups excluding carboxylic acids is 1. The molecule has 1 aromatic carbocycles. The van der Waals surface area contributed by atoms with Gasteiger partial charge in [0.25, 0.3) is 5.91 Å². The van der Waals surface area contributed by atoms with E-state index in [0.717, 1.165) is 5.69 Å². The van der Waals surface area contributed by atoms with Crippen LogP contribution in [0.15, 0.2) is 48.7 Å². The number of carbonyl (C=O) groups is 1. The summed E-state index contributed by atoms with van der Waals surface area (Å²) in [5.74, 6) is 0.642. The van der Waals surface area contributed by atoms with E-state index in [1.807, 2.05) is 25.1 Å². The zero-order valence-corrected chi connectivity index (χ0v) is 14.4. The summed E-state index contributed by atoms with van der Waals surface area (Å²) in [5.41, 5.74) is 8.37. The van der Waals surface area contributed by atoms with Gasteiger partial charge < -0.3 is 0 Å². The molecule has 0 radical (unpaired) electrons. The van der Waals surface area contributed by atoms with Gasteiger partial charge >= 0.3 is 0 Å². The van der Waals surface area contributed by atoms with E-state index in [4.69, 9.17) is 0 Å². The van der Waals surface area contributed by atoms with Crippen molar-refractivity contribution in [2.45, 2.75) is 26.7 Å². The van der Waals surface area contributed by atoms with Crippen molar-refractivity contribution in [1.82, 2.24) is 25.4 Å². The number of amides is 1. The molecule has 2 aromatic heterocycles. The molecule has 0 aliphatic heterocycles. The average Bonchev–Trinajstić information content (AvgIpc) is 3.02. The van der Waals surface area contributed by atoms with Gasteiger partial charge in [-0.2, -0.15) is 0 Å². The maximum Gasteiger partial charge on any atom is 0.292 e. The highest BCUT2D eigenvalue weighted by Crippen LogP contribution is 2.18. The molecule has 7 nitrogen and oxygen atoms in total. The first kappa shape index (κ1) is 16.6. The Bertz CT molecular complexity index is 855. The van der Waals surface area contributed by atoms with E-state index in [1.165, 1.54) is 5.56 Å². The number of aromatic nitrogens is 4. The Morgan fingerprint density at radius 2 is 1.88 bits per heavy atom. The molecule has 0 fully saturated rings. The molecule has 1 amide bonds. The summed E-state index contributed by atoms with van der Waals surface area (Å²) in [4.78, 5) is 16.4. The number of anilines is 1. The Morgan fingerprint density at radius 1 is 1.12 bits per heavy atom. The summed E-state index contributed by atoms with van der Waals surface area (Å²) < 4.78 is 1.65. The number of pyridine rings is 1. The van der Waals surface area contributed by atoms with Crippen LogP contribution in [0.5, 0.6) is 0 Å². The lowest BCUT2D eigenvalue weighted by Gasteiger charge is -2.08. The predicted octanol–water partition coefficient (Wildman–Crippen LogP) is 2.85. The number of nitrogens with zero attached hydrogens (tertiary/aromatic N) is 4. The van der Waals surface area contributed by atoms with E-state index < -0.39 is 0 Å². The highest BCUT2D eigenvalue weighted by molar-refractivity contribution is 5.93. The van der Waals surface area contributed by atoms with Gasteiger partial charge in [-0.15, -0.1) is 5.10 Å². The van der Waals surface area contributed by atoms with Crippen LogP contribution in [0.25, 0.3) is 5.69 Å². The molecule has 0 aliphatic carbocycles. The summed E-state index contributed by atoms with van der Waals surface area (Å²) in [7, 11) is 0. The van der Waals surface area contributed by atoms with Crippen LogP contribution >= 0.6 is 0 Å². The number of nitrogens with one attached hydrogen (secondary N) is 2. The molecule has 2 heterocycles. The molecule has 0 unspecified atom stereocenters. The molecule has 0 spiro atoms. The average molecular weight is 336 g/mol. The summed E-state index contributed by atoms with van der Waals surface area (Å²) in [5, 5.41) is 8.10. The molecule has 3 aromatic rings. The van der Waals surface area contributed by atoms with Gasteiger partial charge in [-0.05, 0) is 42.7 Å². The molecule has 25 heavy (non-hydrogen) atoms. The maximum absolute atomic E-state index is 12.3. The van der Waals surface area contributed by atoms with Gasteiger partial charge in [-0.25, -0.2) is 9.67 Å². The number of hydrogen-bond donors (Lipinski definition) is 2. The zero-order valence-electron chi connectivity index (χ0n) is 14.4. The van der Waals surface area contributed by atoms with Crippen LogP contribution < -0.4 is 10.9 Å². The second-order valence-corrected chi connectivity index (χ2v) is 5.98. The Hall–Kier alpha value is -3.22. The van der Waals surface area contributed by atoms with Gasteiger partial charge in [0, 0.05) is 6.20 Å². The van der Waals surface area contributed by atoms with Crippen LogP contribution in [0.2, 0.25) is 0 Å². The lowest BCUT2D eigenvalue weighted by molar-refractivity contribution is 0.0957. The van der Waals surface area contributed by atoms with Crippen LogP contribution in [0.4, 0.5) is 5.82 Å². The van der Waals surface area contributed by atoms with Crippen molar-refractivity contribution in [3.05, 3.63) is 65.6 Å². The van der Waals surface area contributed by atoms with E-state index in [-0.39, 0.29) is 11.6 Å². The highest BCUT2D eigenvalue weighted by atomic mass is 16.2. The largest absolute Gasteiger partial charge is 0.292 e. The molecule has 0 saturated carbocycles. The smallest absolute Gasteiger partial charge is 0.282 e. The number of benzene rings is 1. The predicted molar refractivity (Wildman–Crippen MR) is 95.5 cm³/mol. The Labute approximate surface area is 146 Å². The van der Waals surface area contributed by atoms with E-state index in [9.17, 15) is 4.79 Å². The van der Waals surface area contributed by atoms with E-state index in [2.05, 4.69) is 52.1 Å². The second-order valence-electron chi connectivity index (χ2n) is 5.98. The first-order valence-corrected chi connectivity index (χ1v) is 8.06. The van der Waals surface area contributed by atoms with Gasteiger partial charge in [0.15, 0.2) is 5.69 Å². The fourth-order valence-electron chi connectivity index (χ4n) is 2.40. The quantitative estimate of drug-likeness (QED) is 0.700. The van der Waals surface area contributed by atoms with Crippen molar-refractivity contribution >= 4 is 11.7 Å². The van der Waals surface area contributed by atoms with Crippen LogP contribution in [-0.4, -0.2) is 25.9 Å². The topological polar surface area (TPSA) is 84.7 Å². The molecule has 0 aliphatic rings. The minimum atomic E-state index is -0.367. The van der Waals surface area contributed by atoms with Gasteiger partial charge in [-0.1, -0.05) is 37.3 Å². The fraction of sp³-hybridized carbons (Fsp3) is 0.222. The van der Waals surface area contributed by atoms with E-state index in [1.54, 1.807) is 23.0 Å². The zero-order chi connectivity index (χ0) is 17.8. The third-order valence-electron chi connectivity index (χ3n) is 3.88. The minimum Gasteiger partial charge on any atom is -0.282 e. The Kier molecular flexibility index (Phi) is 4.74. The Balaban J connectivity index is 1.75. The monoisotopic (exact) mass is 336 g/mol. The molecule has 128 valence electrons. The van der Waals surface area contributed by atoms with Gasteiger partial charge in [0.2, 0.25) is 0 Å². The van der Waals surface area contributed by atoms with Gasteiger partial charge in [0.05, 0.1) is 11.4 Å². The molecular formula is C18H20N6O. The van der Waals surface area contributed by atoms with E-state index >= 15 is 0 Å². The number of hydrazine groups is 1. The Morgan fingerprint density at radius 3 is 2.52 bits per heavy atom. The van der Waals surface area contributed by atoms with E-state index in [0.29, 0.717) is 17.4 Å². The summed E-state index contributed by atoms with van der Waals surface area (Å²) in [6.07, 6.45) is 1.64. The molecule has 0 bridgehead atoms. The van der Waals surface area contributed by atoms with Crippen molar-refractivity contribution in [2.75, 3.05) is 5.43 Å². The highest BCUT2D eigenvalue weighted by Gasteiger charge is 2.17. The molecule has 0 atom stereocenters. The van der Waals surface area contributed by atoms with Crippen molar-refractivity contribution in [2.24, 2.45) is 0 Å². The second kappa shape index (κ2) is 7.12. The summed E-state index contributed by atoms with van der Waals surface area (Å²) in [6.45, 7) is 6.10. The maximum atomic E-state index is 12.3. The summed E-state index contributed by atoms with van der Waals surface area (Å²) >= 11 is 0. The number of hydrogen-bond acceptors (Lipinski definition) is 5.